The second-order valence-electron chi connectivity index (χ2n) is 4.39. The first-order valence-electron chi connectivity index (χ1n) is 6.20. The molecule has 18 heavy (non-hydrogen) atoms. The van der Waals surface area contributed by atoms with Crippen molar-refractivity contribution in [2.24, 2.45) is 5.73 Å². The SMILES string of the molecule is COc1cc(O)ccc1C#N.NC1CCCCC1. The number of hydrogen-bond donors (Lipinski definition) is 2. The Kier molecular flexibility index (Phi) is 6.03. The molecule has 4 nitrogen and oxygen atoms in total. The molecule has 3 N–H and O–H groups in total. The number of phenols is 1. The Hall–Kier alpha value is -1.73. The molecular weight excluding hydrogens is 228 g/mol. The van der Waals surface area contributed by atoms with Gasteiger partial charge in [0.1, 0.15) is 17.6 Å². The van der Waals surface area contributed by atoms with Crippen LogP contribution in [0.15, 0.2) is 18.2 Å². The Balaban J connectivity index is 0.000000199. The molecule has 0 aromatic heterocycles. The summed E-state index contributed by atoms with van der Waals surface area (Å²) in [5, 5.41) is 17.5. The summed E-state index contributed by atoms with van der Waals surface area (Å²) in [6.07, 6.45) is 6.66. The number of benzene rings is 1. The van der Waals surface area contributed by atoms with E-state index in [0.717, 1.165) is 0 Å². The van der Waals surface area contributed by atoms with Gasteiger partial charge in [-0.25, -0.2) is 0 Å². The van der Waals surface area contributed by atoms with Gasteiger partial charge in [0.15, 0.2) is 0 Å². The predicted octanol–water partition coefficient (Wildman–Crippen LogP) is 2.55. The summed E-state index contributed by atoms with van der Waals surface area (Å²) in [7, 11) is 1.45. The fourth-order valence-electron chi connectivity index (χ4n) is 1.91. The lowest BCUT2D eigenvalue weighted by molar-refractivity contribution is 0.406. The van der Waals surface area contributed by atoms with Gasteiger partial charge < -0.3 is 15.6 Å². The Morgan fingerprint density at radius 1 is 1.33 bits per heavy atom. The monoisotopic (exact) mass is 248 g/mol. The van der Waals surface area contributed by atoms with Gasteiger partial charge in [-0.3, -0.25) is 0 Å². The van der Waals surface area contributed by atoms with Crippen molar-refractivity contribution in [1.82, 2.24) is 0 Å². The van der Waals surface area contributed by atoms with E-state index in [2.05, 4.69) is 0 Å². The molecule has 1 saturated carbocycles. The largest absolute Gasteiger partial charge is 0.508 e. The zero-order chi connectivity index (χ0) is 13.4. The molecule has 0 unspecified atom stereocenters. The Morgan fingerprint density at radius 2 is 2.00 bits per heavy atom. The van der Waals surface area contributed by atoms with E-state index in [1.165, 1.54) is 57.4 Å². The fraction of sp³-hybridized carbons (Fsp3) is 0.500. The molecule has 0 radical (unpaired) electrons. The molecule has 0 saturated heterocycles. The van der Waals surface area contributed by atoms with E-state index >= 15 is 0 Å². The number of nitrogens with zero attached hydrogens (tertiary/aromatic N) is 1. The van der Waals surface area contributed by atoms with E-state index in [9.17, 15) is 0 Å². The highest BCUT2D eigenvalue weighted by molar-refractivity contribution is 5.46. The van der Waals surface area contributed by atoms with Crippen LogP contribution in [-0.2, 0) is 0 Å². The highest BCUT2D eigenvalue weighted by Crippen LogP contribution is 2.22. The average molecular weight is 248 g/mol. The molecule has 1 aliphatic rings. The zero-order valence-electron chi connectivity index (χ0n) is 10.7. The van der Waals surface area contributed by atoms with Crippen LogP contribution in [0.1, 0.15) is 37.7 Å². The third kappa shape index (κ3) is 4.64. The third-order valence-electron chi connectivity index (χ3n) is 2.96. The van der Waals surface area contributed by atoms with Crippen molar-refractivity contribution in [3.63, 3.8) is 0 Å². The Bertz CT molecular complexity index is 407. The summed E-state index contributed by atoms with van der Waals surface area (Å²) in [5.41, 5.74) is 6.06. The molecule has 0 amide bonds. The standard InChI is InChI=1S/C8H7NO2.C6H13N/c1-11-8-4-7(10)3-2-6(8)5-9;7-6-4-2-1-3-5-6/h2-4,10H,1H3;6H,1-5,7H2. The molecule has 0 bridgehead atoms. The molecule has 1 aliphatic carbocycles. The van der Waals surface area contributed by atoms with Crippen molar-refractivity contribution in [3.8, 4) is 17.6 Å². The smallest absolute Gasteiger partial charge is 0.140 e. The van der Waals surface area contributed by atoms with E-state index in [0.29, 0.717) is 17.4 Å². The van der Waals surface area contributed by atoms with Crippen LogP contribution in [0.25, 0.3) is 0 Å². The number of nitriles is 1. The summed E-state index contributed by atoms with van der Waals surface area (Å²) in [4.78, 5) is 0. The summed E-state index contributed by atoms with van der Waals surface area (Å²) in [5.74, 6) is 0.494. The number of methoxy groups -OCH3 is 1. The van der Waals surface area contributed by atoms with Crippen molar-refractivity contribution in [2.45, 2.75) is 38.1 Å². The van der Waals surface area contributed by atoms with E-state index in [-0.39, 0.29) is 5.75 Å². The van der Waals surface area contributed by atoms with Gasteiger partial charge in [0, 0.05) is 12.1 Å². The summed E-state index contributed by atoms with van der Waals surface area (Å²) < 4.78 is 4.83. The molecule has 4 heteroatoms. The lowest BCUT2D eigenvalue weighted by atomic mass is 9.97. The van der Waals surface area contributed by atoms with Crippen LogP contribution in [0, 0.1) is 11.3 Å². The highest BCUT2D eigenvalue weighted by Gasteiger charge is 2.06. The molecule has 1 aromatic rings. The minimum absolute atomic E-state index is 0.0980. The Labute approximate surface area is 108 Å². The summed E-state index contributed by atoms with van der Waals surface area (Å²) in [6, 6.07) is 6.83. The van der Waals surface area contributed by atoms with Crippen LogP contribution in [0.4, 0.5) is 0 Å². The van der Waals surface area contributed by atoms with Crippen molar-refractivity contribution >= 4 is 0 Å². The minimum Gasteiger partial charge on any atom is -0.508 e. The molecule has 0 aliphatic heterocycles. The number of aromatic hydroxyl groups is 1. The average Bonchev–Trinajstić information content (AvgIpc) is 2.40. The molecule has 98 valence electrons. The summed E-state index contributed by atoms with van der Waals surface area (Å²) >= 11 is 0. The van der Waals surface area contributed by atoms with Gasteiger partial charge in [0.05, 0.1) is 12.7 Å². The topological polar surface area (TPSA) is 79.3 Å². The van der Waals surface area contributed by atoms with Gasteiger partial charge in [-0.1, -0.05) is 19.3 Å². The van der Waals surface area contributed by atoms with Crippen LogP contribution in [-0.4, -0.2) is 18.3 Å². The molecule has 0 atom stereocenters. The molecular formula is C14H20N2O2. The second-order valence-corrected chi connectivity index (χ2v) is 4.39. The summed E-state index contributed by atoms with van der Waals surface area (Å²) in [6.45, 7) is 0. The van der Waals surface area contributed by atoms with Gasteiger partial charge in [-0.2, -0.15) is 5.26 Å². The molecule has 1 fully saturated rings. The number of nitrogens with two attached hydrogens (primary N) is 1. The molecule has 0 heterocycles. The minimum atomic E-state index is 0.0980. The van der Waals surface area contributed by atoms with Gasteiger partial charge >= 0.3 is 0 Å². The first-order valence-corrected chi connectivity index (χ1v) is 6.20. The Morgan fingerprint density at radius 3 is 2.44 bits per heavy atom. The first kappa shape index (κ1) is 14.3. The zero-order valence-corrected chi connectivity index (χ0v) is 10.7. The molecule has 0 spiro atoms. The predicted molar refractivity (Wildman–Crippen MR) is 70.4 cm³/mol. The lowest BCUT2D eigenvalue weighted by Gasteiger charge is -2.15. The molecule has 1 aromatic carbocycles. The maximum Gasteiger partial charge on any atom is 0.140 e. The van der Waals surface area contributed by atoms with Crippen molar-refractivity contribution < 1.29 is 9.84 Å². The van der Waals surface area contributed by atoms with Crippen LogP contribution in [0.5, 0.6) is 11.5 Å². The number of phenolic OH excluding ortho intramolecular Hbond substituents is 1. The van der Waals surface area contributed by atoms with E-state index in [1.807, 2.05) is 6.07 Å². The number of rotatable bonds is 1. The van der Waals surface area contributed by atoms with Crippen LogP contribution in [0.2, 0.25) is 0 Å². The highest BCUT2D eigenvalue weighted by atomic mass is 16.5. The third-order valence-corrected chi connectivity index (χ3v) is 2.96. The van der Waals surface area contributed by atoms with E-state index in [4.69, 9.17) is 20.8 Å². The van der Waals surface area contributed by atoms with E-state index < -0.39 is 0 Å². The molecule has 2 rings (SSSR count). The second kappa shape index (κ2) is 7.57. The maximum atomic E-state index is 8.97. The van der Waals surface area contributed by atoms with Crippen LogP contribution < -0.4 is 10.5 Å². The number of ether oxygens (including phenoxy) is 1. The van der Waals surface area contributed by atoms with E-state index in [1.54, 1.807) is 0 Å². The van der Waals surface area contributed by atoms with Gasteiger partial charge in [-0.15, -0.1) is 0 Å². The van der Waals surface area contributed by atoms with Crippen molar-refractivity contribution in [2.75, 3.05) is 7.11 Å². The van der Waals surface area contributed by atoms with Crippen LogP contribution >= 0.6 is 0 Å². The quantitative estimate of drug-likeness (QED) is 0.800. The number of hydrogen-bond acceptors (Lipinski definition) is 4. The fourth-order valence-corrected chi connectivity index (χ4v) is 1.91. The lowest BCUT2D eigenvalue weighted by Crippen LogP contribution is -2.22. The van der Waals surface area contributed by atoms with Crippen molar-refractivity contribution in [3.05, 3.63) is 23.8 Å². The van der Waals surface area contributed by atoms with Gasteiger partial charge in [0.25, 0.3) is 0 Å². The van der Waals surface area contributed by atoms with Crippen LogP contribution in [0.3, 0.4) is 0 Å². The first-order chi connectivity index (χ1) is 8.67. The van der Waals surface area contributed by atoms with Gasteiger partial charge in [0.2, 0.25) is 0 Å². The maximum absolute atomic E-state index is 8.97. The van der Waals surface area contributed by atoms with Crippen molar-refractivity contribution in [1.29, 1.82) is 5.26 Å². The van der Waals surface area contributed by atoms with Gasteiger partial charge in [-0.05, 0) is 25.0 Å². The normalized spacial score (nSPS) is 15.2.